The molecule has 4 heteroatoms. The van der Waals surface area contributed by atoms with E-state index in [0.29, 0.717) is 6.04 Å². The second-order valence-corrected chi connectivity index (χ2v) is 5.45. The minimum atomic E-state index is -0.689. The van der Waals surface area contributed by atoms with Crippen LogP contribution < -0.4 is 5.32 Å². The molecule has 0 aromatic rings. The van der Waals surface area contributed by atoms with Gasteiger partial charge in [0, 0.05) is 12.1 Å². The molecule has 2 saturated carbocycles. The van der Waals surface area contributed by atoms with Crippen LogP contribution in [-0.4, -0.2) is 47.2 Å². The van der Waals surface area contributed by atoms with E-state index in [-0.39, 0.29) is 0 Å². The minimum absolute atomic E-state index is 0.449. The first-order valence-electron chi connectivity index (χ1n) is 6.81. The van der Waals surface area contributed by atoms with E-state index >= 15 is 0 Å². The van der Waals surface area contributed by atoms with Gasteiger partial charge in [-0.05, 0) is 52.1 Å². The quantitative estimate of drug-likeness (QED) is 0.764. The van der Waals surface area contributed by atoms with E-state index in [1.54, 1.807) is 7.05 Å². The molecule has 0 aromatic carbocycles. The van der Waals surface area contributed by atoms with Gasteiger partial charge < -0.3 is 10.4 Å². The highest BCUT2D eigenvalue weighted by Crippen LogP contribution is 2.36. The number of nitrogens with zero attached hydrogens (tertiary/aromatic N) is 1. The van der Waals surface area contributed by atoms with Gasteiger partial charge >= 0.3 is 5.97 Å². The van der Waals surface area contributed by atoms with Gasteiger partial charge in [-0.3, -0.25) is 9.69 Å². The zero-order chi connectivity index (χ0) is 12.5. The third-order valence-electron chi connectivity index (χ3n) is 4.46. The van der Waals surface area contributed by atoms with Gasteiger partial charge in [-0.25, -0.2) is 0 Å². The van der Waals surface area contributed by atoms with Gasteiger partial charge in [-0.1, -0.05) is 6.92 Å². The lowest BCUT2D eigenvalue weighted by Gasteiger charge is -2.42. The molecule has 4 nitrogen and oxygen atoms in total. The molecule has 0 radical (unpaired) electrons. The molecule has 2 aliphatic rings. The number of aliphatic carboxylic acids is 1. The Morgan fingerprint density at radius 2 is 2.12 bits per heavy atom. The van der Waals surface area contributed by atoms with E-state index < -0.39 is 11.5 Å². The molecule has 98 valence electrons. The Balaban J connectivity index is 2.07. The SMILES string of the molecule is CCN(C1CC1)C1CCCC(NC)(C(=O)O)C1. The minimum Gasteiger partial charge on any atom is -0.480 e. The summed E-state index contributed by atoms with van der Waals surface area (Å²) in [7, 11) is 1.78. The van der Waals surface area contributed by atoms with Gasteiger partial charge in [-0.15, -0.1) is 0 Å². The molecule has 17 heavy (non-hydrogen) atoms. The second kappa shape index (κ2) is 4.94. The molecule has 0 aliphatic heterocycles. The van der Waals surface area contributed by atoms with Crippen molar-refractivity contribution in [2.24, 2.45) is 0 Å². The smallest absolute Gasteiger partial charge is 0.323 e. The summed E-state index contributed by atoms with van der Waals surface area (Å²) in [5, 5.41) is 12.5. The van der Waals surface area contributed by atoms with Crippen LogP contribution in [-0.2, 0) is 4.79 Å². The van der Waals surface area contributed by atoms with Crippen LogP contribution in [0.3, 0.4) is 0 Å². The van der Waals surface area contributed by atoms with Crippen molar-refractivity contribution in [2.75, 3.05) is 13.6 Å². The number of carboxylic acid groups (broad SMARTS) is 1. The summed E-state index contributed by atoms with van der Waals surface area (Å²) in [4.78, 5) is 14.0. The maximum Gasteiger partial charge on any atom is 0.323 e. The fourth-order valence-electron chi connectivity index (χ4n) is 3.28. The van der Waals surface area contributed by atoms with Gasteiger partial charge in [0.25, 0.3) is 0 Å². The standard InChI is InChI=1S/C13H24N2O2/c1-3-15(10-6-7-10)11-5-4-8-13(9-11,14-2)12(16)17/h10-11,14H,3-9H2,1-2H3,(H,16,17). The van der Waals surface area contributed by atoms with Crippen molar-refractivity contribution in [3.63, 3.8) is 0 Å². The molecule has 2 aliphatic carbocycles. The Bertz CT molecular complexity index is 291. The fraction of sp³-hybridized carbons (Fsp3) is 0.923. The van der Waals surface area contributed by atoms with Crippen molar-refractivity contribution >= 4 is 5.97 Å². The Labute approximate surface area is 103 Å². The average molecular weight is 240 g/mol. The Morgan fingerprint density at radius 3 is 2.59 bits per heavy atom. The van der Waals surface area contributed by atoms with Crippen LogP contribution in [0.5, 0.6) is 0 Å². The second-order valence-electron chi connectivity index (χ2n) is 5.45. The van der Waals surface area contributed by atoms with Crippen LogP contribution in [0.25, 0.3) is 0 Å². The molecule has 2 fully saturated rings. The van der Waals surface area contributed by atoms with Crippen LogP contribution in [0.15, 0.2) is 0 Å². The molecule has 2 atom stereocenters. The molecule has 0 saturated heterocycles. The van der Waals surface area contributed by atoms with Crippen molar-refractivity contribution in [3.05, 3.63) is 0 Å². The van der Waals surface area contributed by atoms with Gasteiger partial charge in [0.2, 0.25) is 0 Å². The van der Waals surface area contributed by atoms with Gasteiger partial charge in [0.15, 0.2) is 0 Å². The van der Waals surface area contributed by atoms with Crippen LogP contribution in [0, 0.1) is 0 Å². The van der Waals surface area contributed by atoms with Crippen LogP contribution >= 0.6 is 0 Å². The zero-order valence-electron chi connectivity index (χ0n) is 10.9. The van der Waals surface area contributed by atoms with E-state index in [4.69, 9.17) is 0 Å². The number of hydrogen-bond donors (Lipinski definition) is 2. The summed E-state index contributed by atoms with van der Waals surface area (Å²) in [6.45, 7) is 3.24. The molecule has 2 N–H and O–H groups in total. The molecular weight excluding hydrogens is 216 g/mol. The third-order valence-corrected chi connectivity index (χ3v) is 4.46. The van der Waals surface area contributed by atoms with E-state index in [0.717, 1.165) is 38.3 Å². The Morgan fingerprint density at radius 1 is 1.41 bits per heavy atom. The highest BCUT2D eigenvalue weighted by Gasteiger charge is 2.45. The highest BCUT2D eigenvalue weighted by molar-refractivity contribution is 5.79. The van der Waals surface area contributed by atoms with Gasteiger partial charge in [-0.2, -0.15) is 0 Å². The molecule has 0 aromatic heterocycles. The molecule has 0 spiro atoms. The van der Waals surface area contributed by atoms with E-state index in [1.165, 1.54) is 12.8 Å². The van der Waals surface area contributed by atoms with Crippen LogP contribution in [0.2, 0.25) is 0 Å². The number of carbonyl (C=O) groups is 1. The van der Waals surface area contributed by atoms with E-state index in [1.807, 2.05) is 0 Å². The largest absolute Gasteiger partial charge is 0.480 e. The van der Waals surface area contributed by atoms with Gasteiger partial charge in [0.1, 0.15) is 5.54 Å². The number of likely N-dealkylation sites (N-methyl/N-ethyl adjacent to an activating group) is 1. The maximum absolute atomic E-state index is 11.5. The normalized spacial score (nSPS) is 33.9. The average Bonchev–Trinajstić information content (AvgIpc) is 3.14. The van der Waals surface area contributed by atoms with Crippen molar-refractivity contribution in [1.29, 1.82) is 0 Å². The lowest BCUT2D eigenvalue weighted by Crippen LogP contribution is -2.57. The van der Waals surface area contributed by atoms with Crippen molar-refractivity contribution in [2.45, 2.75) is 63.1 Å². The van der Waals surface area contributed by atoms with Crippen molar-refractivity contribution in [1.82, 2.24) is 10.2 Å². The molecule has 0 bridgehead atoms. The predicted octanol–water partition coefficient (Wildman–Crippen LogP) is 1.46. The monoisotopic (exact) mass is 240 g/mol. The Kier molecular flexibility index (Phi) is 3.73. The molecule has 2 rings (SSSR count). The van der Waals surface area contributed by atoms with E-state index in [9.17, 15) is 9.90 Å². The molecule has 0 amide bonds. The topological polar surface area (TPSA) is 52.6 Å². The van der Waals surface area contributed by atoms with Gasteiger partial charge in [0.05, 0.1) is 0 Å². The summed E-state index contributed by atoms with van der Waals surface area (Å²) >= 11 is 0. The maximum atomic E-state index is 11.5. The summed E-state index contributed by atoms with van der Waals surface area (Å²) in [6.07, 6.45) is 6.27. The summed E-state index contributed by atoms with van der Waals surface area (Å²) < 4.78 is 0. The van der Waals surface area contributed by atoms with Crippen molar-refractivity contribution in [3.8, 4) is 0 Å². The molecule has 2 unspecified atom stereocenters. The summed E-state index contributed by atoms with van der Waals surface area (Å²) in [5.41, 5.74) is -0.689. The Hall–Kier alpha value is -0.610. The fourth-order valence-corrected chi connectivity index (χ4v) is 3.28. The lowest BCUT2D eigenvalue weighted by atomic mass is 9.78. The summed E-state index contributed by atoms with van der Waals surface area (Å²) in [6, 6.07) is 1.18. The first-order chi connectivity index (χ1) is 8.13. The first-order valence-corrected chi connectivity index (χ1v) is 6.81. The third kappa shape index (κ3) is 2.47. The number of rotatable bonds is 5. The highest BCUT2D eigenvalue weighted by atomic mass is 16.4. The van der Waals surface area contributed by atoms with E-state index in [2.05, 4.69) is 17.1 Å². The number of carboxylic acids is 1. The lowest BCUT2D eigenvalue weighted by molar-refractivity contribution is -0.147. The predicted molar refractivity (Wildman–Crippen MR) is 67.1 cm³/mol. The summed E-state index contributed by atoms with van der Waals surface area (Å²) in [5.74, 6) is -0.684. The van der Waals surface area contributed by atoms with Crippen LogP contribution in [0.4, 0.5) is 0 Å². The number of hydrogen-bond acceptors (Lipinski definition) is 3. The van der Waals surface area contributed by atoms with Crippen molar-refractivity contribution < 1.29 is 9.90 Å². The zero-order valence-corrected chi connectivity index (χ0v) is 10.9. The number of nitrogens with one attached hydrogen (secondary N) is 1. The first kappa shape index (κ1) is 12.8. The van der Waals surface area contributed by atoms with Crippen LogP contribution in [0.1, 0.15) is 45.4 Å². The molecule has 0 heterocycles. The molecular formula is C13H24N2O2.